The number of H-pyrrole nitrogens is 1. The minimum atomic E-state index is -0.0769. The molecule has 0 radical (unpaired) electrons. The molecule has 1 aliphatic carbocycles. The van der Waals surface area contributed by atoms with Gasteiger partial charge in [0, 0.05) is 47.6 Å². The fourth-order valence-corrected chi connectivity index (χ4v) is 3.62. The smallest absolute Gasteiger partial charge is 0.229 e. The molecule has 29 heavy (non-hydrogen) atoms. The van der Waals surface area contributed by atoms with Crippen molar-refractivity contribution in [3.05, 3.63) is 60.3 Å². The van der Waals surface area contributed by atoms with Crippen LogP contribution in [0.4, 0.5) is 11.6 Å². The summed E-state index contributed by atoms with van der Waals surface area (Å²) < 4.78 is 0. The first-order valence-electron chi connectivity index (χ1n) is 9.38. The van der Waals surface area contributed by atoms with Crippen LogP contribution in [0.1, 0.15) is 23.6 Å². The first-order valence-corrected chi connectivity index (χ1v) is 9.38. The fourth-order valence-electron chi connectivity index (χ4n) is 3.62. The van der Waals surface area contributed by atoms with E-state index in [0.717, 1.165) is 39.7 Å². The molecule has 0 aromatic carbocycles. The average molecular weight is 385 g/mol. The SMILES string of the molecule is Cc1ccncc1-c1cc2cc(NC(=O)[C@@H]3C[C@H]3c3cc[nH]n3)ncc2c(N)n1. The molecule has 0 spiro atoms. The third kappa shape index (κ3) is 3.18. The third-order valence-electron chi connectivity index (χ3n) is 5.34. The summed E-state index contributed by atoms with van der Waals surface area (Å²) in [6.45, 7) is 2.00. The summed E-state index contributed by atoms with van der Waals surface area (Å²) in [4.78, 5) is 25.6. The highest BCUT2D eigenvalue weighted by atomic mass is 16.2. The highest BCUT2D eigenvalue weighted by Crippen LogP contribution is 2.47. The van der Waals surface area contributed by atoms with Crippen molar-refractivity contribution in [3.8, 4) is 11.3 Å². The molecule has 8 heteroatoms. The zero-order valence-electron chi connectivity index (χ0n) is 15.8. The second kappa shape index (κ2) is 6.66. The minimum Gasteiger partial charge on any atom is -0.383 e. The number of aryl methyl sites for hydroxylation is 1. The number of aromatic nitrogens is 5. The van der Waals surface area contributed by atoms with Crippen LogP contribution in [0.2, 0.25) is 0 Å². The van der Waals surface area contributed by atoms with Crippen LogP contribution in [0.15, 0.2) is 49.1 Å². The van der Waals surface area contributed by atoms with Crippen LogP contribution < -0.4 is 11.1 Å². The number of hydrogen-bond donors (Lipinski definition) is 3. The van der Waals surface area contributed by atoms with Crippen LogP contribution >= 0.6 is 0 Å². The van der Waals surface area contributed by atoms with Crippen LogP contribution in [0.3, 0.4) is 0 Å². The number of pyridine rings is 3. The standard InChI is InChI=1S/C21H19N7O/c1-11-2-4-23-9-15(11)18-6-12-7-19(24-10-16(12)20(22)26-18)27-21(29)14-8-13(14)17-3-5-25-28-17/h2-7,9-10,13-14H,8H2,1H3,(H2,22,26)(H,25,28)(H,24,27,29)/t13-,14-/m1/s1. The predicted molar refractivity (Wildman–Crippen MR) is 110 cm³/mol. The van der Waals surface area contributed by atoms with Crippen molar-refractivity contribution in [2.45, 2.75) is 19.3 Å². The molecular weight excluding hydrogens is 366 g/mol. The monoisotopic (exact) mass is 385 g/mol. The van der Waals surface area contributed by atoms with E-state index in [4.69, 9.17) is 5.73 Å². The van der Waals surface area contributed by atoms with Gasteiger partial charge in [-0.15, -0.1) is 0 Å². The number of nitrogens with one attached hydrogen (secondary N) is 2. The van der Waals surface area contributed by atoms with Crippen LogP contribution in [0.5, 0.6) is 0 Å². The topological polar surface area (TPSA) is 122 Å². The second-order valence-corrected chi connectivity index (χ2v) is 7.31. The van der Waals surface area contributed by atoms with E-state index >= 15 is 0 Å². The van der Waals surface area contributed by atoms with Gasteiger partial charge in [-0.2, -0.15) is 5.10 Å². The predicted octanol–water partition coefficient (Wildman–Crippen LogP) is 3.05. The van der Waals surface area contributed by atoms with Crippen molar-refractivity contribution < 1.29 is 4.79 Å². The highest BCUT2D eigenvalue weighted by Gasteiger charge is 2.45. The molecule has 4 heterocycles. The molecule has 4 aromatic rings. The molecule has 1 aliphatic rings. The quantitative estimate of drug-likeness (QED) is 0.496. The van der Waals surface area contributed by atoms with E-state index in [-0.39, 0.29) is 17.7 Å². The van der Waals surface area contributed by atoms with Crippen LogP contribution in [-0.2, 0) is 4.79 Å². The van der Waals surface area contributed by atoms with Crippen molar-refractivity contribution in [1.29, 1.82) is 0 Å². The Bertz CT molecular complexity index is 1220. The number of amides is 1. The maximum atomic E-state index is 12.6. The molecule has 0 aliphatic heterocycles. The summed E-state index contributed by atoms with van der Waals surface area (Å²) in [6.07, 6.45) is 7.73. The number of aromatic amines is 1. The Labute approximate surface area is 166 Å². The van der Waals surface area contributed by atoms with Gasteiger partial charge in [-0.25, -0.2) is 9.97 Å². The molecule has 0 bridgehead atoms. The summed E-state index contributed by atoms with van der Waals surface area (Å²) in [7, 11) is 0. The Morgan fingerprint density at radius 2 is 2.17 bits per heavy atom. The fraction of sp³-hybridized carbons (Fsp3) is 0.190. The zero-order valence-corrected chi connectivity index (χ0v) is 15.8. The lowest BCUT2D eigenvalue weighted by atomic mass is 10.1. The van der Waals surface area contributed by atoms with Crippen molar-refractivity contribution in [3.63, 3.8) is 0 Å². The number of carbonyl (C=O) groups excluding carboxylic acids is 1. The summed E-state index contributed by atoms with van der Waals surface area (Å²) >= 11 is 0. The van der Waals surface area contributed by atoms with E-state index in [1.54, 1.807) is 24.8 Å². The van der Waals surface area contributed by atoms with Crippen LogP contribution in [0, 0.1) is 12.8 Å². The Balaban J connectivity index is 1.42. The van der Waals surface area contributed by atoms with Gasteiger partial charge in [0.05, 0.1) is 11.4 Å². The number of anilines is 2. The summed E-state index contributed by atoms with van der Waals surface area (Å²) in [6, 6.07) is 7.61. The lowest BCUT2D eigenvalue weighted by Crippen LogP contribution is -2.15. The van der Waals surface area contributed by atoms with Gasteiger partial charge in [0.25, 0.3) is 0 Å². The zero-order chi connectivity index (χ0) is 20.0. The van der Waals surface area contributed by atoms with E-state index in [9.17, 15) is 4.79 Å². The maximum absolute atomic E-state index is 12.6. The second-order valence-electron chi connectivity index (χ2n) is 7.31. The largest absolute Gasteiger partial charge is 0.383 e. The molecule has 1 fully saturated rings. The number of fused-ring (bicyclic) bond motifs is 1. The van der Waals surface area contributed by atoms with E-state index in [2.05, 4.69) is 30.5 Å². The van der Waals surface area contributed by atoms with E-state index in [1.165, 1.54) is 0 Å². The van der Waals surface area contributed by atoms with Gasteiger partial charge in [0.15, 0.2) is 0 Å². The lowest BCUT2D eigenvalue weighted by molar-refractivity contribution is -0.117. The number of hydrogen-bond acceptors (Lipinski definition) is 6. The molecule has 5 rings (SSSR count). The first-order chi connectivity index (χ1) is 14.1. The summed E-state index contributed by atoms with van der Waals surface area (Å²) in [5.74, 6) is 0.936. The maximum Gasteiger partial charge on any atom is 0.229 e. The van der Waals surface area contributed by atoms with E-state index in [0.29, 0.717) is 11.6 Å². The van der Waals surface area contributed by atoms with Gasteiger partial charge in [-0.1, -0.05) is 0 Å². The summed E-state index contributed by atoms with van der Waals surface area (Å²) in [5.41, 5.74) is 9.80. The van der Waals surface area contributed by atoms with Crippen molar-refractivity contribution >= 4 is 28.3 Å². The van der Waals surface area contributed by atoms with Crippen molar-refractivity contribution in [2.75, 3.05) is 11.1 Å². The van der Waals surface area contributed by atoms with Gasteiger partial charge in [-0.05, 0) is 48.6 Å². The first kappa shape index (κ1) is 17.3. The molecule has 4 N–H and O–H groups in total. The van der Waals surface area contributed by atoms with Crippen LogP contribution in [0.25, 0.3) is 22.0 Å². The van der Waals surface area contributed by atoms with E-state index in [1.807, 2.05) is 31.2 Å². The Morgan fingerprint density at radius 1 is 1.28 bits per heavy atom. The number of carbonyl (C=O) groups is 1. The Morgan fingerprint density at radius 3 is 2.97 bits per heavy atom. The number of nitrogens with zero attached hydrogens (tertiary/aromatic N) is 4. The molecule has 1 amide bonds. The van der Waals surface area contributed by atoms with Gasteiger partial charge in [-0.3, -0.25) is 14.9 Å². The molecule has 4 aromatic heterocycles. The van der Waals surface area contributed by atoms with Crippen molar-refractivity contribution in [2.24, 2.45) is 5.92 Å². The summed E-state index contributed by atoms with van der Waals surface area (Å²) in [5, 5.41) is 11.5. The number of nitrogen functional groups attached to an aromatic ring is 1. The molecule has 1 saturated carbocycles. The number of nitrogens with two attached hydrogens (primary N) is 1. The van der Waals surface area contributed by atoms with Gasteiger partial charge >= 0.3 is 0 Å². The normalized spacial score (nSPS) is 18.0. The van der Waals surface area contributed by atoms with Crippen molar-refractivity contribution in [1.82, 2.24) is 25.1 Å². The van der Waals surface area contributed by atoms with Gasteiger partial charge < -0.3 is 11.1 Å². The molecule has 0 unspecified atom stereocenters. The van der Waals surface area contributed by atoms with Crippen LogP contribution in [-0.4, -0.2) is 31.1 Å². The average Bonchev–Trinajstić information content (AvgIpc) is 3.33. The third-order valence-corrected chi connectivity index (χ3v) is 5.34. The van der Waals surface area contributed by atoms with Gasteiger partial charge in [0.1, 0.15) is 11.6 Å². The minimum absolute atomic E-state index is 0.0461. The van der Waals surface area contributed by atoms with E-state index < -0.39 is 0 Å². The Kier molecular flexibility index (Phi) is 3.97. The van der Waals surface area contributed by atoms with Gasteiger partial charge in [0.2, 0.25) is 5.91 Å². The molecule has 8 nitrogen and oxygen atoms in total. The molecule has 2 atom stereocenters. The Hall–Kier alpha value is -3.81. The molecular formula is C21H19N7O. The molecule has 0 saturated heterocycles. The highest BCUT2D eigenvalue weighted by molar-refractivity contribution is 5.98. The molecule has 144 valence electrons. The number of rotatable bonds is 4. The lowest BCUT2D eigenvalue weighted by Gasteiger charge is -2.10.